The largest absolute Gasteiger partial charge is 0.497 e. The molecule has 1 rings (SSSR count). The molecule has 0 aliphatic heterocycles. The van der Waals surface area contributed by atoms with Crippen LogP contribution in [0.4, 0.5) is 0 Å². The maximum Gasteiger partial charge on any atom is 0.118 e. The summed E-state index contributed by atoms with van der Waals surface area (Å²) in [5.41, 5.74) is 1.39. The van der Waals surface area contributed by atoms with Crippen LogP contribution in [0.2, 0.25) is 0 Å². The van der Waals surface area contributed by atoms with Crippen molar-refractivity contribution in [1.29, 1.82) is 0 Å². The zero-order valence-electron chi connectivity index (χ0n) is 11.7. The fourth-order valence-electron chi connectivity index (χ4n) is 1.93. The monoisotopic (exact) mass is 267 g/mol. The highest BCUT2D eigenvalue weighted by molar-refractivity contribution is 7.98. The molecule has 0 radical (unpaired) electrons. The predicted molar refractivity (Wildman–Crippen MR) is 81.8 cm³/mol. The molecule has 0 heterocycles. The summed E-state index contributed by atoms with van der Waals surface area (Å²) in [5.74, 6) is 2.12. The fourth-order valence-corrected chi connectivity index (χ4v) is 2.61. The van der Waals surface area contributed by atoms with Gasteiger partial charge in [0, 0.05) is 11.8 Å². The highest BCUT2D eigenvalue weighted by Crippen LogP contribution is 2.14. The predicted octanol–water partition coefficient (Wildman–Crippen LogP) is 3.36. The average molecular weight is 267 g/mol. The van der Waals surface area contributed by atoms with Crippen LogP contribution >= 0.6 is 11.8 Å². The average Bonchev–Trinajstić information content (AvgIpc) is 2.42. The molecule has 2 nitrogen and oxygen atoms in total. The Balaban J connectivity index is 2.39. The van der Waals surface area contributed by atoms with E-state index in [0.717, 1.165) is 18.7 Å². The molecule has 1 N–H and O–H groups in total. The van der Waals surface area contributed by atoms with E-state index in [4.69, 9.17) is 4.74 Å². The molecule has 1 aromatic carbocycles. The summed E-state index contributed by atoms with van der Waals surface area (Å²) in [5, 5.41) is 3.62. The van der Waals surface area contributed by atoms with Gasteiger partial charge in [0.25, 0.3) is 0 Å². The molecule has 0 aliphatic rings. The van der Waals surface area contributed by atoms with Crippen LogP contribution in [0.1, 0.15) is 25.3 Å². The van der Waals surface area contributed by atoms with E-state index in [1.165, 1.54) is 24.2 Å². The molecule has 0 saturated heterocycles. The van der Waals surface area contributed by atoms with Gasteiger partial charge in [-0.1, -0.05) is 19.1 Å². The van der Waals surface area contributed by atoms with Crippen LogP contribution in [0, 0.1) is 0 Å². The minimum Gasteiger partial charge on any atom is -0.497 e. The lowest BCUT2D eigenvalue weighted by atomic mass is 10.1. The number of benzene rings is 1. The Morgan fingerprint density at radius 3 is 2.56 bits per heavy atom. The molecule has 0 saturated carbocycles. The van der Waals surface area contributed by atoms with Crippen molar-refractivity contribution < 1.29 is 4.74 Å². The van der Waals surface area contributed by atoms with E-state index < -0.39 is 0 Å². The summed E-state index contributed by atoms with van der Waals surface area (Å²) in [6, 6.07) is 9.03. The van der Waals surface area contributed by atoms with Crippen molar-refractivity contribution in [2.45, 2.75) is 32.2 Å². The number of methoxy groups -OCH3 is 1. The summed E-state index contributed by atoms with van der Waals surface area (Å²) in [7, 11) is 1.71. The maximum absolute atomic E-state index is 5.17. The molecule has 1 unspecified atom stereocenters. The minimum absolute atomic E-state index is 0.627. The summed E-state index contributed by atoms with van der Waals surface area (Å²) < 4.78 is 5.17. The highest BCUT2D eigenvalue weighted by Gasteiger charge is 2.07. The molecular formula is C15H25NOS. The number of ether oxygens (including phenoxy) is 1. The van der Waals surface area contributed by atoms with Gasteiger partial charge in [-0.25, -0.2) is 0 Å². The Labute approximate surface area is 116 Å². The number of rotatable bonds is 9. The van der Waals surface area contributed by atoms with Crippen LogP contribution in [0.5, 0.6) is 5.75 Å². The van der Waals surface area contributed by atoms with E-state index in [1.807, 2.05) is 23.9 Å². The number of nitrogens with one attached hydrogen (secondary N) is 1. The topological polar surface area (TPSA) is 21.3 Å². The van der Waals surface area contributed by atoms with Crippen LogP contribution in [0.3, 0.4) is 0 Å². The number of thioether (sulfide) groups is 1. The highest BCUT2D eigenvalue weighted by atomic mass is 32.2. The van der Waals surface area contributed by atoms with Crippen molar-refractivity contribution in [2.75, 3.05) is 25.7 Å². The van der Waals surface area contributed by atoms with Crippen molar-refractivity contribution >= 4 is 11.8 Å². The van der Waals surface area contributed by atoms with Crippen molar-refractivity contribution in [1.82, 2.24) is 5.32 Å². The van der Waals surface area contributed by atoms with E-state index in [-0.39, 0.29) is 0 Å². The van der Waals surface area contributed by atoms with Gasteiger partial charge in [0.05, 0.1) is 7.11 Å². The Hall–Kier alpha value is -0.670. The standard InChI is InChI=1S/C15H25NOS/c1-4-11-16-14(12-18-3)8-5-13-6-9-15(17-2)10-7-13/h6-7,9-10,14,16H,4-5,8,11-12H2,1-3H3. The first-order valence-electron chi connectivity index (χ1n) is 6.65. The zero-order chi connectivity index (χ0) is 13.2. The van der Waals surface area contributed by atoms with Gasteiger partial charge in [-0.05, 0) is 49.8 Å². The molecule has 0 amide bonds. The van der Waals surface area contributed by atoms with Gasteiger partial charge in [0.15, 0.2) is 0 Å². The van der Waals surface area contributed by atoms with Crippen LogP contribution in [-0.4, -0.2) is 31.7 Å². The van der Waals surface area contributed by atoms with E-state index in [9.17, 15) is 0 Å². The van der Waals surface area contributed by atoms with Gasteiger partial charge >= 0.3 is 0 Å². The summed E-state index contributed by atoms with van der Waals surface area (Å²) in [4.78, 5) is 0. The van der Waals surface area contributed by atoms with Crippen molar-refractivity contribution in [3.63, 3.8) is 0 Å². The summed E-state index contributed by atoms with van der Waals surface area (Å²) in [6.45, 7) is 3.33. The molecule has 18 heavy (non-hydrogen) atoms. The normalized spacial score (nSPS) is 12.4. The number of hydrogen-bond acceptors (Lipinski definition) is 3. The third kappa shape index (κ3) is 5.78. The molecule has 0 aliphatic carbocycles. The fraction of sp³-hybridized carbons (Fsp3) is 0.600. The SMILES string of the molecule is CCCNC(CCc1ccc(OC)cc1)CSC. The first kappa shape index (κ1) is 15.4. The molecule has 1 aromatic rings. The van der Waals surface area contributed by atoms with Gasteiger partial charge in [0.2, 0.25) is 0 Å². The van der Waals surface area contributed by atoms with Crippen molar-refractivity contribution in [3.8, 4) is 5.75 Å². The maximum atomic E-state index is 5.17. The second-order valence-corrected chi connectivity index (χ2v) is 5.40. The van der Waals surface area contributed by atoms with Crippen molar-refractivity contribution in [2.24, 2.45) is 0 Å². The first-order chi connectivity index (χ1) is 8.80. The Morgan fingerprint density at radius 1 is 1.28 bits per heavy atom. The second-order valence-electron chi connectivity index (χ2n) is 4.49. The van der Waals surface area contributed by atoms with Crippen LogP contribution in [0.25, 0.3) is 0 Å². The number of aryl methyl sites for hydroxylation is 1. The van der Waals surface area contributed by atoms with E-state index in [2.05, 4.69) is 30.6 Å². The Kier molecular flexibility index (Phi) is 7.94. The van der Waals surface area contributed by atoms with Gasteiger partial charge in [-0.3, -0.25) is 0 Å². The molecule has 0 spiro atoms. The van der Waals surface area contributed by atoms with Crippen LogP contribution < -0.4 is 10.1 Å². The smallest absolute Gasteiger partial charge is 0.118 e. The first-order valence-corrected chi connectivity index (χ1v) is 8.04. The molecule has 3 heteroatoms. The molecule has 1 atom stereocenters. The number of hydrogen-bond donors (Lipinski definition) is 1. The van der Waals surface area contributed by atoms with E-state index in [0.29, 0.717) is 6.04 Å². The lowest BCUT2D eigenvalue weighted by Crippen LogP contribution is -2.32. The summed E-state index contributed by atoms with van der Waals surface area (Å²) >= 11 is 1.92. The molecular weight excluding hydrogens is 242 g/mol. The van der Waals surface area contributed by atoms with Gasteiger partial charge in [-0.2, -0.15) is 11.8 Å². The van der Waals surface area contributed by atoms with Gasteiger partial charge in [0.1, 0.15) is 5.75 Å². The van der Waals surface area contributed by atoms with Crippen LogP contribution in [0.15, 0.2) is 24.3 Å². The lowest BCUT2D eigenvalue weighted by Gasteiger charge is -2.17. The second kappa shape index (κ2) is 9.29. The molecule has 0 bridgehead atoms. The van der Waals surface area contributed by atoms with E-state index in [1.54, 1.807) is 7.11 Å². The van der Waals surface area contributed by atoms with E-state index >= 15 is 0 Å². The quantitative estimate of drug-likeness (QED) is 0.741. The Morgan fingerprint density at radius 2 is 2.00 bits per heavy atom. The molecule has 102 valence electrons. The molecule has 0 aromatic heterocycles. The third-order valence-corrected chi connectivity index (χ3v) is 3.73. The van der Waals surface area contributed by atoms with Gasteiger partial charge in [-0.15, -0.1) is 0 Å². The Bertz CT molecular complexity index is 313. The van der Waals surface area contributed by atoms with Crippen molar-refractivity contribution in [3.05, 3.63) is 29.8 Å². The van der Waals surface area contributed by atoms with Crippen LogP contribution in [-0.2, 0) is 6.42 Å². The minimum atomic E-state index is 0.627. The summed E-state index contributed by atoms with van der Waals surface area (Å²) in [6.07, 6.45) is 5.71. The molecule has 0 fully saturated rings. The lowest BCUT2D eigenvalue weighted by molar-refractivity contribution is 0.414. The third-order valence-electron chi connectivity index (χ3n) is 2.99. The zero-order valence-corrected chi connectivity index (χ0v) is 12.6. The van der Waals surface area contributed by atoms with Gasteiger partial charge < -0.3 is 10.1 Å².